The molecule has 0 N–H and O–H groups in total. The Labute approximate surface area is 87.9 Å². The predicted molar refractivity (Wildman–Crippen MR) is 58.6 cm³/mol. The number of fused-ring (bicyclic) bond motifs is 1. The second-order valence-electron chi connectivity index (χ2n) is 3.43. The number of aldehydes is 2. The van der Waals surface area contributed by atoms with Gasteiger partial charge in [-0.25, -0.2) is 0 Å². The van der Waals surface area contributed by atoms with Crippen molar-refractivity contribution >= 4 is 12.6 Å². The highest BCUT2D eigenvalue weighted by atomic mass is 16.1. The van der Waals surface area contributed by atoms with Crippen molar-refractivity contribution in [3.05, 3.63) is 47.0 Å². The van der Waals surface area contributed by atoms with E-state index in [1.54, 1.807) is 6.92 Å². The Morgan fingerprint density at radius 2 is 1.33 bits per heavy atom. The third-order valence-corrected chi connectivity index (χ3v) is 2.66. The van der Waals surface area contributed by atoms with Crippen LogP contribution in [-0.2, 0) is 0 Å². The highest BCUT2D eigenvalue weighted by Gasteiger charge is 2.18. The normalized spacial score (nSPS) is 10.2. The van der Waals surface area contributed by atoms with Gasteiger partial charge < -0.3 is 0 Å². The molecule has 2 aliphatic carbocycles. The van der Waals surface area contributed by atoms with Gasteiger partial charge in [-0.3, -0.25) is 9.59 Å². The third kappa shape index (κ3) is 1.34. The average Bonchev–Trinajstić information content (AvgIpc) is 2.43. The van der Waals surface area contributed by atoms with Gasteiger partial charge in [0, 0.05) is 11.1 Å². The lowest BCUT2D eigenvalue weighted by molar-refractivity contribution is 0.112. The van der Waals surface area contributed by atoms with Crippen LogP contribution in [0.4, 0.5) is 0 Å². The average molecular weight is 198 g/mol. The minimum Gasteiger partial charge on any atom is -0.298 e. The molecule has 0 radical (unpaired) electrons. The first-order chi connectivity index (χ1) is 7.29. The number of carbonyl (C=O) groups is 2. The van der Waals surface area contributed by atoms with Crippen LogP contribution in [0.3, 0.4) is 0 Å². The van der Waals surface area contributed by atoms with E-state index in [1.807, 2.05) is 30.3 Å². The lowest BCUT2D eigenvalue weighted by Gasteiger charge is -1.93. The molecule has 0 fully saturated rings. The van der Waals surface area contributed by atoms with Gasteiger partial charge in [0.15, 0.2) is 12.6 Å². The fraction of sp³-hybridized carbons (Fsp3) is 0.0769. The van der Waals surface area contributed by atoms with Gasteiger partial charge in [0.05, 0.1) is 0 Å². The quantitative estimate of drug-likeness (QED) is 0.695. The minimum atomic E-state index is 0.614. The van der Waals surface area contributed by atoms with Crippen molar-refractivity contribution in [2.24, 2.45) is 0 Å². The van der Waals surface area contributed by atoms with Crippen molar-refractivity contribution < 1.29 is 9.59 Å². The fourth-order valence-corrected chi connectivity index (χ4v) is 1.87. The smallest absolute Gasteiger partial charge is 0.150 e. The van der Waals surface area contributed by atoms with Crippen molar-refractivity contribution in [1.29, 1.82) is 0 Å². The van der Waals surface area contributed by atoms with E-state index < -0.39 is 0 Å². The SMILES string of the molecule is Cc1c(C=O)c2cccccc-2c1C=O. The number of hydrogen-bond donors (Lipinski definition) is 0. The van der Waals surface area contributed by atoms with Crippen LogP contribution in [0.1, 0.15) is 26.3 Å². The van der Waals surface area contributed by atoms with Gasteiger partial charge in [-0.2, -0.15) is 0 Å². The van der Waals surface area contributed by atoms with Crippen LogP contribution in [0.2, 0.25) is 0 Å². The third-order valence-electron chi connectivity index (χ3n) is 2.66. The molecule has 15 heavy (non-hydrogen) atoms. The molecule has 0 bridgehead atoms. The van der Waals surface area contributed by atoms with E-state index in [2.05, 4.69) is 0 Å². The molecule has 0 unspecified atom stereocenters. The molecule has 2 aliphatic rings. The van der Waals surface area contributed by atoms with E-state index in [0.29, 0.717) is 11.1 Å². The van der Waals surface area contributed by atoms with E-state index in [-0.39, 0.29) is 0 Å². The molecule has 0 aromatic heterocycles. The second kappa shape index (κ2) is 3.65. The highest BCUT2D eigenvalue weighted by Crippen LogP contribution is 2.33. The molecule has 74 valence electrons. The van der Waals surface area contributed by atoms with Gasteiger partial charge in [-0.15, -0.1) is 0 Å². The monoisotopic (exact) mass is 198 g/mol. The predicted octanol–water partition coefficient (Wildman–Crippen LogP) is 2.72. The number of carbonyl (C=O) groups excluding carboxylic acids is 2. The van der Waals surface area contributed by atoms with E-state index in [0.717, 1.165) is 29.3 Å². The summed E-state index contributed by atoms with van der Waals surface area (Å²) in [5.41, 5.74) is 3.68. The van der Waals surface area contributed by atoms with Crippen molar-refractivity contribution in [2.45, 2.75) is 6.92 Å². The summed E-state index contributed by atoms with van der Waals surface area (Å²) in [6.07, 6.45) is 1.62. The summed E-state index contributed by atoms with van der Waals surface area (Å²) in [4.78, 5) is 21.9. The molecule has 0 amide bonds. The zero-order valence-electron chi connectivity index (χ0n) is 8.36. The van der Waals surface area contributed by atoms with Crippen LogP contribution in [0.15, 0.2) is 30.3 Å². The van der Waals surface area contributed by atoms with Crippen LogP contribution in [0.5, 0.6) is 0 Å². The number of hydrogen-bond acceptors (Lipinski definition) is 2. The Morgan fingerprint density at radius 3 is 1.73 bits per heavy atom. The van der Waals surface area contributed by atoms with Gasteiger partial charge in [0.25, 0.3) is 0 Å². The van der Waals surface area contributed by atoms with E-state index in [1.165, 1.54) is 0 Å². The summed E-state index contributed by atoms with van der Waals surface area (Å²) < 4.78 is 0. The molecule has 0 saturated heterocycles. The summed E-state index contributed by atoms with van der Waals surface area (Å²) in [6.45, 7) is 1.80. The molecule has 0 aliphatic heterocycles. The van der Waals surface area contributed by atoms with Gasteiger partial charge in [-0.1, -0.05) is 30.3 Å². The van der Waals surface area contributed by atoms with Crippen LogP contribution >= 0.6 is 0 Å². The maximum atomic E-state index is 11.0. The summed E-state index contributed by atoms with van der Waals surface area (Å²) in [7, 11) is 0. The standard InChI is InChI=1S/C13H10O2/c1-9-12(7-14)10-5-3-2-4-6-11(10)13(9)8-15/h2-8H,1H3. The fourth-order valence-electron chi connectivity index (χ4n) is 1.87. The first-order valence-electron chi connectivity index (χ1n) is 4.71. The summed E-state index contributed by atoms with van der Waals surface area (Å²) in [5, 5.41) is 0. The van der Waals surface area contributed by atoms with Gasteiger partial charge >= 0.3 is 0 Å². The first-order valence-corrected chi connectivity index (χ1v) is 4.71. The van der Waals surface area contributed by atoms with Gasteiger partial charge in [0.1, 0.15) is 0 Å². The molecule has 0 atom stereocenters. The largest absolute Gasteiger partial charge is 0.298 e. The maximum Gasteiger partial charge on any atom is 0.150 e. The summed E-state index contributed by atoms with van der Waals surface area (Å²) in [5.74, 6) is 0. The molecule has 0 aromatic rings. The highest BCUT2D eigenvalue weighted by molar-refractivity contribution is 6.02. The molecule has 0 spiro atoms. The van der Waals surface area contributed by atoms with E-state index in [9.17, 15) is 9.59 Å². The molecular formula is C13H10O2. The van der Waals surface area contributed by atoms with E-state index >= 15 is 0 Å². The Bertz CT molecular complexity index is 458. The Balaban J connectivity index is 2.90. The molecule has 0 aromatic carbocycles. The van der Waals surface area contributed by atoms with Gasteiger partial charge in [0.2, 0.25) is 0 Å². The Kier molecular flexibility index (Phi) is 2.34. The lowest BCUT2D eigenvalue weighted by Crippen LogP contribution is -1.82. The van der Waals surface area contributed by atoms with Crippen molar-refractivity contribution in [1.82, 2.24) is 0 Å². The lowest BCUT2D eigenvalue weighted by atomic mass is 10.1. The Morgan fingerprint density at radius 1 is 0.867 bits per heavy atom. The van der Waals surface area contributed by atoms with E-state index in [4.69, 9.17) is 0 Å². The molecule has 2 nitrogen and oxygen atoms in total. The first kappa shape index (κ1) is 9.59. The van der Waals surface area contributed by atoms with Crippen LogP contribution in [-0.4, -0.2) is 12.6 Å². The van der Waals surface area contributed by atoms with Crippen LogP contribution in [0, 0.1) is 6.92 Å². The Hall–Kier alpha value is -1.96. The molecular weight excluding hydrogens is 188 g/mol. The topological polar surface area (TPSA) is 34.1 Å². The second-order valence-corrected chi connectivity index (χ2v) is 3.43. The molecule has 2 heteroatoms. The maximum absolute atomic E-state index is 11.0. The van der Waals surface area contributed by atoms with Crippen LogP contribution < -0.4 is 0 Å². The van der Waals surface area contributed by atoms with Crippen molar-refractivity contribution in [3.8, 4) is 11.1 Å². The zero-order valence-corrected chi connectivity index (χ0v) is 8.36. The molecule has 0 heterocycles. The number of rotatable bonds is 2. The minimum absolute atomic E-state index is 0.614. The summed E-state index contributed by atoms with van der Waals surface area (Å²) >= 11 is 0. The zero-order chi connectivity index (χ0) is 10.8. The molecule has 0 saturated carbocycles. The summed E-state index contributed by atoms with van der Waals surface area (Å²) in [6, 6.07) is 9.32. The van der Waals surface area contributed by atoms with Crippen molar-refractivity contribution in [2.75, 3.05) is 0 Å². The van der Waals surface area contributed by atoms with Crippen LogP contribution in [0.25, 0.3) is 11.1 Å². The van der Waals surface area contributed by atoms with Crippen molar-refractivity contribution in [3.63, 3.8) is 0 Å². The van der Waals surface area contributed by atoms with Gasteiger partial charge in [-0.05, 0) is 23.6 Å². The molecule has 2 rings (SSSR count).